The summed E-state index contributed by atoms with van der Waals surface area (Å²) in [6.07, 6.45) is 1.36. The van der Waals surface area contributed by atoms with Crippen LogP contribution in [0.1, 0.15) is 10.6 Å². The molecule has 0 aliphatic carbocycles. The van der Waals surface area contributed by atoms with Crippen LogP contribution in [0.2, 0.25) is 0 Å². The van der Waals surface area contributed by atoms with E-state index in [9.17, 15) is 4.79 Å². The average Bonchev–Trinajstić information content (AvgIpc) is 3.07. The molecule has 2 aromatic rings. The second kappa shape index (κ2) is 6.69. The van der Waals surface area contributed by atoms with Crippen LogP contribution in [0.25, 0.3) is 0 Å². The molecule has 1 aliphatic rings. The van der Waals surface area contributed by atoms with E-state index in [-0.39, 0.29) is 17.7 Å². The summed E-state index contributed by atoms with van der Waals surface area (Å²) in [4.78, 5) is 20.0. The fraction of sp³-hybridized carbons (Fsp3) is 0.375. The molecule has 8 nitrogen and oxygen atoms in total. The van der Waals surface area contributed by atoms with Gasteiger partial charge in [-0.3, -0.25) is 4.79 Å². The lowest BCUT2D eigenvalue weighted by molar-refractivity contribution is 0.0716. The summed E-state index contributed by atoms with van der Waals surface area (Å²) in [6, 6.07) is 5.74. The van der Waals surface area contributed by atoms with Crippen molar-refractivity contribution in [3.63, 3.8) is 0 Å². The number of rotatable bonds is 4. The standard InChI is InChI=1S/C16H20N4O4/c1-22-12-7-11(8-13(9-12)23-2)19-3-5-20(6-4-19)15(21)14-10-18-16(17)24-14/h7-10H,3-6H2,1-2H3,(H2,17,18). The molecular weight excluding hydrogens is 312 g/mol. The highest BCUT2D eigenvalue weighted by Gasteiger charge is 2.25. The van der Waals surface area contributed by atoms with Gasteiger partial charge >= 0.3 is 0 Å². The maximum atomic E-state index is 12.3. The summed E-state index contributed by atoms with van der Waals surface area (Å²) in [6.45, 7) is 2.56. The molecule has 0 saturated carbocycles. The highest BCUT2D eigenvalue weighted by molar-refractivity contribution is 5.91. The number of amides is 1. The first kappa shape index (κ1) is 16.0. The number of hydrogen-bond donors (Lipinski definition) is 1. The Balaban J connectivity index is 1.68. The summed E-state index contributed by atoms with van der Waals surface area (Å²) in [7, 11) is 3.25. The van der Waals surface area contributed by atoms with Crippen molar-refractivity contribution in [1.82, 2.24) is 9.88 Å². The highest BCUT2D eigenvalue weighted by atomic mass is 16.5. The van der Waals surface area contributed by atoms with Crippen LogP contribution in [-0.4, -0.2) is 56.2 Å². The molecule has 2 heterocycles. The molecule has 0 radical (unpaired) electrons. The van der Waals surface area contributed by atoms with E-state index in [1.807, 2.05) is 18.2 Å². The quantitative estimate of drug-likeness (QED) is 0.900. The van der Waals surface area contributed by atoms with Crippen LogP contribution in [0.5, 0.6) is 11.5 Å². The van der Waals surface area contributed by atoms with Gasteiger partial charge in [0.2, 0.25) is 5.76 Å². The van der Waals surface area contributed by atoms with E-state index in [1.165, 1.54) is 6.20 Å². The zero-order chi connectivity index (χ0) is 17.1. The number of nitrogen functional groups attached to an aromatic ring is 1. The van der Waals surface area contributed by atoms with Gasteiger partial charge < -0.3 is 29.4 Å². The maximum absolute atomic E-state index is 12.3. The summed E-state index contributed by atoms with van der Waals surface area (Å²) in [5.74, 6) is 1.45. The molecule has 1 aliphatic heterocycles. The topological polar surface area (TPSA) is 94.1 Å². The van der Waals surface area contributed by atoms with E-state index >= 15 is 0 Å². The van der Waals surface area contributed by atoms with Gasteiger partial charge in [-0.25, -0.2) is 4.98 Å². The number of hydrogen-bond acceptors (Lipinski definition) is 7. The van der Waals surface area contributed by atoms with Gasteiger partial charge in [0.1, 0.15) is 11.5 Å². The van der Waals surface area contributed by atoms with Gasteiger partial charge in [0, 0.05) is 50.1 Å². The van der Waals surface area contributed by atoms with Crippen LogP contribution >= 0.6 is 0 Å². The third-order valence-corrected chi connectivity index (χ3v) is 4.00. The van der Waals surface area contributed by atoms with Gasteiger partial charge in [-0.05, 0) is 0 Å². The fourth-order valence-corrected chi connectivity index (χ4v) is 2.69. The zero-order valence-corrected chi connectivity index (χ0v) is 13.7. The van der Waals surface area contributed by atoms with Gasteiger partial charge in [-0.1, -0.05) is 0 Å². The van der Waals surface area contributed by atoms with Crippen molar-refractivity contribution in [3.8, 4) is 11.5 Å². The maximum Gasteiger partial charge on any atom is 0.292 e. The van der Waals surface area contributed by atoms with E-state index in [0.29, 0.717) is 26.2 Å². The lowest BCUT2D eigenvalue weighted by Gasteiger charge is -2.35. The predicted molar refractivity (Wildman–Crippen MR) is 88.6 cm³/mol. The molecule has 0 atom stereocenters. The third-order valence-electron chi connectivity index (χ3n) is 4.00. The SMILES string of the molecule is COc1cc(OC)cc(N2CCN(C(=O)c3cnc(N)o3)CC2)c1. The minimum Gasteiger partial charge on any atom is -0.497 e. The number of carbonyl (C=O) groups is 1. The Morgan fingerprint density at radius 2 is 1.75 bits per heavy atom. The molecule has 2 N–H and O–H groups in total. The molecule has 0 spiro atoms. The van der Waals surface area contributed by atoms with Crippen LogP contribution in [0, 0.1) is 0 Å². The summed E-state index contributed by atoms with van der Waals surface area (Å²) in [5, 5.41) is 0. The third kappa shape index (κ3) is 3.22. The average molecular weight is 332 g/mol. The van der Waals surface area contributed by atoms with Crippen LogP contribution < -0.4 is 20.1 Å². The highest BCUT2D eigenvalue weighted by Crippen LogP contribution is 2.29. The van der Waals surface area contributed by atoms with Gasteiger partial charge in [0.15, 0.2) is 0 Å². The van der Waals surface area contributed by atoms with Crippen molar-refractivity contribution in [2.24, 2.45) is 0 Å². The van der Waals surface area contributed by atoms with Gasteiger partial charge in [0.25, 0.3) is 11.9 Å². The summed E-state index contributed by atoms with van der Waals surface area (Å²) in [5.41, 5.74) is 6.42. The predicted octanol–water partition coefficient (Wildman–Crippen LogP) is 1.24. The van der Waals surface area contributed by atoms with Crippen LogP contribution in [0.3, 0.4) is 0 Å². The Morgan fingerprint density at radius 1 is 1.12 bits per heavy atom. The van der Waals surface area contributed by atoms with Crippen molar-refractivity contribution < 1.29 is 18.7 Å². The molecule has 0 bridgehead atoms. The normalized spacial score (nSPS) is 14.6. The smallest absolute Gasteiger partial charge is 0.292 e. The number of anilines is 2. The molecule has 1 saturated heterocycles. The molecule has 1 aromatic carbocycles. The minimum atomic E-state index is -0.193. The monoisotopic (exact) mass is 332 g/mol. The van der Waals surface area contributed by atoms with E-state index in [0.717, 1.165) is 17.2 Å². The molecule has 3 rings (SSSR count). The summed E-state index contributed by atoms with van der Waals surface area (Å²) >= 11 is 0. The Bertz CT molecular complexity index is 700. The lowest BCUT2D eigenvalue weighted by atomic mass is 10.2. The summed E-state index contributed by atoms with van der Waals surface area (Å²) < 4.78 is 15.7. The molecule has 128 valence electrons. The zero-order valence-electron chi connectivity index (χ0n) is 13.7. The number of methoxy groups -OCH3 is 2. The van der Waals surface area contributed by atoms with Gasteiger partial charge in [0.05, 0.1) is 20.4 Å². The van der Waals surface area contributed by atoms with E-state index in [1.54, 1.807) is 19.1 Å². The van der Waals surface area contributed by atoms with Crippen molar-refractivity contribution in [1.29, 1.82) is 0 Å². The molecule has 1 fully saturated rings. The van der Waals surface area contributed by atoms with Crippen molar-refractivity contribution in [2.45, 2.75) is 0 Å². The molecule has 0 unspecified atom stereocenters. The van der Waals surface area contributed by atoms with Crippen molar-refractivity contribution in [2.75, 3.05) is 51.0 Å². The van der Waals surface area contributed by atoms with Crippen molar-refractivity contribution in [3.05, 3.63) is 30.2 Å². The molecule has 24 heavy (non-hydrogen) atoms. The van der Waals surface area contributed by atoms with Crippen LogP contribution in [-0.2, 0) is 0 Å². The Kier molecular flexibility index (Phi) is 4.45. The number of aromatic nitrogens is 1. The lowest BCUT2D eigenvalue weighted by Crippen LogP contribution is -2.48. The molecule has 8 heteroatoms. The Hall–Kier alpha value is -2.90. The molecule has 1 aromatic heterocycles. The van der Waals surface area contributed by atoms with Crippen LogP contribution in [0.4, 0.5) is 11.7 Å². The van der Waals surface area contributed by atoms with E-state index < -0.39 is 0 Å². The first-order valence-corrected chi connectivity index (χ1v) is 7.59. The number of carbonyl (C=O) groups excluding carboxylic acids is 1. The van der Waals surface area contributed by atoms with E-state index in [4.69, 9.17) is 19.6 Å². The second-order valence-corrected chi connectivity index (χ2v) is 5.41. The second-order valence-electron chi connectivity index (χ2n) is 5.41. The number of oxazole rings is 1. The van der Waals surface area contributed by atoms with E-state index in [2.05, 4.69) is 9.88 Å². The number of nitrogens with zero attached hydrogens (tertiary/aromatic N) is 3. The first-order chi connectivity index (χ1) is 11.6. The number of ether oxygens (including phenoxy) is 2. The Morgan fingerprint density at radius 3 is 2.25 bits per heavy atom. The fourth-order valence-electron chi connectivity index (χ4n) is 2.69. The molecule has 1 amide bonds. The van der Waals surface area contributed by atoms with Gasteiger partial charge in [-0.15, -0.1) is 0 Å². The van der Waals surface area contributed by atoms with Crippen molar-refractivity contribution >= 4 is 17.6 Å². The largest absolute Gasteiger partial charge is 0.497 e. The number of nitrogens with two attached hydrogens (primary N) is 1. The minimum absolute atomic E-state index is 0.000427. The van der Waals surface area contributed by atoms with Gasteiger partial charge in [-0.2, -0.15) is 0 Å². The van der Waals surface area contributed by atoms with Crippen LogP contribution in [0.15, 0.2) is 28.8 Å². The Labute approximate surface area is 139 Å². The first-order valence-electron chi connectivity index (χ1n) is 7.59. The number of piperazine rings is 1. The number of benzene rings is 1. The molecular formula is C16H20N4O4.